The molecule has 1 unspecified atom stereocenters. The van der Waals surface area contributed by atoms with E-state index in [-0.39, 0.29) is 11.3 Å². The van der Waals surface area contributed by atoms with Gasteiger partial charge in [0.05, 0.1) is 5.41 Å². The van der Waals surface area contributed by atoms with Crippen molar-refractivity contribution in [1.82, 2.24) is 5.32 Å². The fourth-order valence-electron chi connectivity index (χ4n) is 2.84. The lowest BCUT2D eigenvalue weighted by Gasteiger charge is -2.38. The maximum absolute atomic E-state index is 12.8. The van der Waals surface area contributed by atoms with Crippen LogP contribution in [0, 0.1) is 12.3 Å². The quantitative estimate of drug-likeness (QED) is 0.906. The fraction of sp³-hybridized carbons (Fsp3) is 0.562. The summed E-state index contributed by atoms with van der Waals surface area (Å²) in [4.78, 5) is 14.6. The van der Waals surface area contributed by atoms with E-state index >= 15 is 0 Å². The van der Waals surface area contributed by atoms with E-state index in [0.717, 1.165) is 38.0 Å². The van der Waals surface area contributed by atoms with Crippen LogP contribution in [-0.4, -0.2) is 26.0 Å². The molecule has 3 heteroatoms. The van der Waals surface area contributed by atoms with Crippen LogP contribution in [0.2, 0.25) is 0 Å². The number of nitrogens with one attached hydrogen (secondary N) is 1. The molecule has 1 heterocycles. The summed E-state index contributed by atoms with van der Waals surface area (Å²) in [6, 6.07) is 8.15. The SMILES string of the molecule is CCC1(C(=O)N(C)c2ccc(C)cc2)CCCNC1. The van der Waals surface area contributed by atoms with Gasteiger partial charge < -0.3 is 10.2 Å². The van der Waals surface area contributed by atoms with Crippen molar-refractivity contribution in [3.05, 3.63) is 29.8 Å². The molecule has 0 bridgehead atoms. The number of anilines is 1. The van der Waals surface area contributed by atoms with E-state index in [1.54, 1.807) is 0 Å². The van der Waals surface area contributed by atoms with Gasteiger partial charge in [-0.15, -0.1) is 0 Å². The van der Waals surface area contributed by atoms with Gasteiger partial charge in [0.25, 0.3) is 0 Å². The zero-order valence-electron chi connectivity index (χ0n) is 12.2. The van der Waals surface area contributed by atoms with Gasteiger partial charge in [0.1, 0.15) is 0 Å². The van der Waals surface area contributed by atoms with Crippen LogP contribution in [0.3, 0.4) is 0 Å². The molecule has 2 rings (SSSR count). The third-order valence-electron chi connectivity index (χ3n) is 4.33. The number of carbonyl (C=O) groups is 1. The minimum atomic E-state index is -0.224. The molecular weight excluding hydrogens is 236 g/mol. The number of hydrogen-bond acceptors (Lipinski definition) is 2. The number of aryl methyl sites for hydroxylation is 1. The Morgan fingerprint density at radius 1 is 1.37 bits per heavy atom. The summed E-state index contributed by atoms with van der Waals surface area (Å²) in [5.41, 5.74) is 1.97. The van der Waals surface area contributed by atoms with E-state index in [0.29, 0.717) is 0 Å². The van der Waals surface area contributed by atoms with Gasteiger partial charge in [0.15, 0.2) is 0 Å². The third-order valence-corrected chi connectivity index (χ3v) is 4.33. The smallest absolute Gasteiger partial charge is 0.234 e. The van der Waals surface area contributed by atoms with E-state index in [1.165, 1.54) is 5.56 Å². The molecule has 0 saturated carbocycles. The first-order chi connectivity index (χ1) is 9.09. The van der Waals surface area contributed by atoms with Gasteiger partial charge in [-0.05, 0) is 44.9 Å². The molecular formula is C16H24N2O. The van der Waals surface area contributed by atoms with E-state index < -0.39 is 0 Å². The first-order valence-corrected chi connectivity index (χ1v) is 7.14. The van der Waals surface area contributed by atoms with Crippen LogP contribution in [0.4, 0.5) is 5.69 Å². The average molecular weight is 260 g/mol. The summed E-state index contributed by atoms with van der Waals surface area (Å²) in [5, 5.41) is 3.38. The molecule has 104 valence electrons. The lowest BCUT2D eigenvalue weighted by molar-refractivity contribution is -0.129. The number of amides is 1. The van der Waals surface area contributed by atoms with Crippen molar-refractivity contribution in [2.75, 3.05) is 25.0 Å². The van der Waals surface area contributed by atoms with Gasteiger partial charge in [0, 0.05) is 19.3 Å². The predicted octanol–water partition coefficient (Wildman–Crippen LogP) is 2.74. The molecule has 0 aromatic heterocycles. The minimum Gasteiger partial charge on any atom is -0.316 e. The highest BCUT2D eigenvalue weighted by molar-refractivity contribution is 5.97. The Hall–Kier alpha value is -1.35. The highest BCUT2D eigenvalue weighted by Crippen LogP contribution is 2.33. The average Bonchev–Trinajstić information content (AvgIpc) is 2.47. The molecule has 1 aromatic carbocycles. The second-order valence-electron chi connectivity index (χ2n) is 5.61. The highest BCUT2D eigenvalue weighted by Gasteiger charge is 2.39. The van der Waals surface area contributed by atoms with E-state index in [4.69, 9.17) is 0 Å². The Labute approximate surface area is 116 Å². The lowest BCUT2D eigenvalue weighted by atomic mass is 9.77. The molecule has 0 aliphatic carbocycles. The first kappa shape index (κ1) is 14.1. The van der Waals surface area contributed by atoms with Gasteiger partial charge in [-0.3, -0.25) is 4.79 Å². The number of rotatable bonds is 3. The predicted molar refractivity (Wildman–Crippen MR) is 79.4 cm³/mol. The van der Waals surface area contributed by atoms with Crippen molar-refractivity contribution in [3.8, 4) is 0 Å². The normalized spacial score (nSPS) is 23.1. The standard InChI is InChI=1S/C16H24N2O/c1-4-16(10-5-11-17-12-16)15(19)18(3)14-8-6-13(2)7-9-14/h6-9,17H,4-5,10-12H2,1-3H3. The van der Waals surface area contributed by atoms with Crippen LogP contribution in [-0.2, 0) is 4.79 Å². The highest BCUT2D eigenvalue weighted by atomic mass is 16.2. The van der Waals surface area contributed by atoms with Crippen LogP contribution >= 0.6 is 0 Å². The summed E-state index contributed by atoms with van der Waals surface area (Å²) in [7, 11) is 1.89. The molecule has 0 radical (unpaired) electrons. The molecule has 1 fully saturated rings. The second-order valence-corrected chi connectivity index (χ2v) is 5.61. The van der Waals surface area contributed by atoms with Gasteiger partial charge in [-0.2, -0.15) is 0 Å². The number of benzene rings is 1. The van der Waals surface area contributed by atoms with Gasteiger partial charge in [0.2, 0.25) is 5.91 Å². The van der Waals surface area contributed by atoms with E-state index in [9.17, 15) is 4.79 Å². The molecule has 0 spiro atoms. The maximum atomic E-state index is 12.8. The molecule has 1 saturated heterocycles. The third kappa shape index (κ3) is 2.81. The van der Waals surface area contributed by atoms with Gasteiger partial charge >= 0.3 is 0 Å². The van der Waals surface area contributed by atoms with Crippen LogP contribution in [0.5, 0.6) is 0 Å². The molecule has 3 nitrogen and oxygen atoms in total. The Bertz CT molecular complexity index is 433. The molecule has 1 N–H and O–H groups in total. The van der Waals surface area contributed by atoms with Crippen LogP contribution in [0.1, 0.15) is 31.7 Å². The zero-order chi connectivity index (χ0) is 13.9. The summed E-state index contributed by atoms with van der Waals surface area (Å²) in [6.45, 7) is 6.01. The summed E-state index contributed by atoms with van der Waals surface area (Å²) < 4.78 is 0. The Kier molecular flexibility index (Phi) is 4.25. The Morgan fingerprint density at radius 3 is 2.58 bits per heavy atom. The number of nitrogens with zero attached hydrogens (tertiary/aromatic N) is 1. The molecule has 1 amide bonds. The largest absolute Gasteiger partial charge is 0.316 e. The second kappa shape index (κ2) is 5.74. The van der Waals surface area contributed by atoms with Crippen molar-refractivity contribution in [2.24, 2.45) is 5.41 Å². The van der Waals surface area contributed by atoms with E-state index in [2.05, 4.69) is 31.3 Å². The summed E-state index contributed by atoms with van der Waals surface area (Å²) in [6.07, 6.45) is 2.97. The Balaban J connectivity index is 2.19. The summed E-state index contributed by atoms with van der Waals surface area (Å²) >= 11 is 0. The van der Waals surface area contributed by atoms with Crippen molar-refractivity contribution in [2.45, 2.75) is 33.1 Å². The van der Waals surface area contributed by atoms with E-state index in [1.807, 2.05) is 24.1 Å². The van der Waals surface area contributed by atoms with Crippen LogP contribution < -0.4 is 10.2 Å². The molecule has 1 aliphatic heterocycles. The number of piperidine rings is 1. The van der Waals surface area contributed by atoms with Crippen molar-refractivity contribution in [1.29, 1.82) is 0 Å². The molecule has 1 aliphatic rings. The topological polar surface area (TPSA) is 32.3 Å². The lowest BCUT2D eigenvalue weighted by Crippen LogP contribution is -2.50. The Morgan fingerprint density at radius 2 is 2.05 bits per heavy atom. The minimum absolute atomic E-state index is 0.224. The van der Waals surface area contributed by atoms with Crippen molar-refractivity contribution in [3.63, 3.8) is 0 Å². The van der Waals surface area contributed by atoms with Crippen molar-refractivity contribution < 1.29 is 4.79 Å². The first-order valence-electron chi connectivity index (χ1n) is 7.14. The number of hydrogen-bond donors (Lipinski definition) is 1. The van der Waals surface area contributed by atoms with Crippen LogP contribution in [0.15, 0.2) is 24.3 Å². The maximum Gasteiger partial charge on any atom is 0.234 e. The van der Waals surface area contributed by atoms with Crippen molar-refractivity contribution >= 4 is 11.6 Å². The molecule has 1 atom stereocenters. The fourth-order valence-corrected chi connectivity index (χ4v) is 2.84. The zero-order valence-corrected chi connectivity index (χ0v) is 12.2. The van der Waals surface area contributed by atoms with Gasteiger partial charge in [-0.25, -0.2) is 0 Å². The van der Waals surface area contributed by atoms with Gasteiger partial charge in [-0.1, -0.05) is 24.6 Å². The monoisotopic (exact) mass is 260 g/mol. The van der Waals surface area contributed by atoms with Crippen LogP contribution in [0.25, 0.3) is 0 Å². The summed E-state index contributed by atoms with van der Waals surface area (Å²) in [5.74, 6) is 0.242. The molecule has 1 aromatic rings. The number of carbonyl (C=O) groups excluding carboxylic acids is 1. The molecule has 19 heavy (non-hydrogen) atoms.